The van der Waals surface area contributed by atoms with Gasteiger partial charge in [0.05, 0.1) is 0 Å². The van der Waals surface area contributed by atoms with Gasteiger partial charge >= 0.3 is 0 Å². The van der Waals surface area contributed by atoms with Gasteiger partial charge in [-0.3, -0.25) is 0 Å². The van der Waals surface area contributed by atoms with Crippen molar-refractivity contribution in [1.29, 1.82) is 0 Å². The van der Waals surface area contributed by atoms with Crippen LogP contribution in [0, 0.1) is 25.7 Å². The fourth-order valence-electron chi connectivity index (χ4n) is 3.56. The van der Waals surface area contributed by atoms with Crippen molar-refractivity contribution in [3.05, 3.63) is 28.3 Å². The third kappa shape index (κ3) is 3.18. The first-order valence-corrected chi connectivity index (χ1v) is 9.42. The maximum atomic E-state index is 2.47. The third-order valence-electron chi connectivity index (χ3n) is 5.39. The van der Waals surface area contributed by atoms with Gasteiger partial charge in [-0.2, -0.15) is 0 Å². The number of aryl methyl sites for hydroxylation is 1. The molecule has 1 heterocycles. The fraction of sp³-hybridized carbons (Fsp3) is 0.700. The second-order valence-electron chi connectivity index (χ2n) is 7.69. The fourth-order valence-corrected chi connectivity index (χ4v) is 5.01. The Hall–Kier alpha value is -0.430. The molecular weight excluding hydrogens is 272 g/mol. The standard InChI is InChI=1S/C20H32S/c1-11(2)17-9-13(5)15(7)20-19(17)18(12(3)4)10-14(6)16(8)21-20/h9,11-12,14,16,18H,10H2,1-8H3/t14-,16-,18?/m1/s1. The summed E-state index contributed by atoms with van der Waals surface area (Å²) in [6.45, 7) is 19.0. The summed E-state index contributed by atoms with van der Waals surface area (Å²) in [5.41, 5.74) is 6.27. The monoisotopic (exact) mass is 304 g/mol. The van der Waals surface area contributed by atoms with Gasteiger partial charge in [-0.15, -0.1) is 11.8 Å². The zero-order valence-electron chi connectivity index (χ0n) is 15.1. The van der Waals surface area contributed by atoms with Crippen molar-refractivity contribution in [1.82, 2.24) is 0 Å². The molecule has 3 atom stereocenters. The van der Waals surface area contributed by atoms with Crippen LogP contribution in [0.4, 0.5) is 0 Å². The van der Waals surface area contributed by atoms with Gasteiger partial charge in [0.25, 0.3) is 0 Å². The normalized spacial score (nSPS) is 26.1. The van der Waals surface area contributed by atoms with Crippen molar-refractivity contribution in [2.45, 2.75) is 83.8 Å². The summed E-state index contributed by atoms with van der Waals surface area (Å²) < 4.78 is 0. The minimum Gasteiger partial charge on any atom is -0.122 e. The van der Waals surface area contributed by atoms with Crippen LogP contribution >= 0.6 is 11.8 Å². The van der Waals surface area contributed by atoms with Crippen LogP contribution in [0.5, 0.6) is 0 Å². The molecule has 0 spiro atoms. The number of thioether (sulfide) groups is 1. The molecule has 0 saturated carbocycles. The van der Waals surface area contributed by atoms with Crippen LogP contribution in [0.1, 0.15) is 82.1 Å². The smallest absolute Gasteiger partial charge is 0.0144 e. The van der Waals surface area contributed by atoms with Gasteiger partial charge in [0.2, 0.25) is 0 Å². The molecule has 21 heavy (non-hydrogen) atoms. The zero-order chi connectivity index (χ0) is 15.9. The van der Waals surface area contributed by atoms with Crippen LogP contribution in [0.15, 0.2) is 11.0 Å². The second-order valence-corrected chi connectivity index (χ2v) is 9.08. The van der Waals surface area contributed by atoms with Crippen LogP contribution < -0.4 is 0 Å². The topological polar surface area (TPSA) is 0 Å². The van der Waals surface area contributed by atoms with E-state index >= 15 is 0 Å². The molecule has 1 aromatic carbocycles. The molecule has 1 aliphatic rings. The van der Waals surface area contributed by atoms with Gasteiger partial charge in [0.1, 0.15) is 0 Å². The van der Waals surface area contributed by atoms with Gasteiger partial charge in [-0.05, 0) is 66.2 Å². The summed E-state index contributed by atoms with van der Waals surface area (Å²) in [4.78, 5) is 1.61. The Morgan fingerprint density at radius 3 is 2.24 bits per heavy atom. The molecule has 0 aromatic heterocycles. The molecule has 1 aromatic rings. The van der Waals surface area contributed by atoms with Crippen LogP contribution in [0.25, 0.3) is 0 Å². The molecule has 1 aliphatic heterocycles. The summed E-state index contributed by atoms with van der Waals surface area (Å²) in [5, 5.41) is 0.716. The first-order chi connectivity index (χ1) is 9.73. The average molecular weight is 305 g/mol. The van der Waals surface area contributed by atoms with Crippen molar-refractivity contribution in [3.8, 4) is 0 Å². The van der Waals surface area contributed by atoms with E-state index < -0.39 is 0 Å². The number of hydrogen-bond acceptors (Lipinski definition) is 1. The van der Waals surface area contributed by atoms with Crippen molar-refractivity contribution >= 4 is 11.8 Å². The first kappa shape index (κ1) is 16.9. The van der Waals surface area contributed by atoms with Crippen LogP contribution in [-0.4, -0.2) is 5.25 Å². The molecule has 2 rings (SSSR count). The molecule has 118 valence electrons. The molecule has 0 N–H and O–H groups in total. The number of benzene rings is 1. The third-order valence-corrected chi connectivity index (χ3v) is 6.99. The van der Waals surface area contributed by atoms with E-state index in [1.165, 1.54) is 17.5 Å². The van der Waals surface area contributed by atoms with Crippen LogP contribution in [0.3, 0.4) is 0 Å². The summed E-state index contributed by atoms with van der Waals surface area (Å²) in [6, 6.07) is 2.47. The lowest BCUT2D eigenvalue weighted by Gasteiger charge is -2.28. The molecule has 0 aliphatic carbocycles. The highest BCUT2D eigenvalue weighted by Crippen LogP contribution is 2.49. The van der Waals surface area contributed by atoms with E-state index in [0.29, 0.717) is 17.1 Å². The Balaban J connectivity index is 2.72. The Morgan fingerprint density at radius 2 is 1.71 bits per heavy atom. The highest BCUT2D eigenvalue weighted by molar-refractivity contribution is 8.00. The summed E-state index contributed by atoms with van der Waals surface area (Å²) in [6.07, 6.45) is 1.33. The van der Waals surface area contributed by atoms with Crippen molar-refractivity contribution in [3.63, 3.8) is 0 Å². The van der Waals surface area contributed by atoms with Gasteiger partial charge in [0, 0.05) is 10.1 Å². The van der Waals surface area contributed by atoms with Crippen LogP contribution in [0.2, 0.25) is 0 Å². The highest BCUT2D eigenvalue weighted by Gasteiger charge is 2.32. The largest absolute Gasteiger partial charge is 0.122 e. The molecule has 0 saturated heterocycles. The van der Waals surface area contributed by atoms with Gasteiger partial charge < -0.3 is 0 Å². The van der Waals surface area contributed by atoms with E-state index in [4.69, 9.17) is 0 Å². The average Bonchev–Trinajstić information content (AvgIpc) is 2.52. The summed E-state index contributed by atoms with van der Waals surface area (Å²) >= 11 is 2.13. The van der Waals surface area contributed by atoms with E-state index in [0.717, 1.165) is 11.8 Å². The molecule has 0 fully saturated rings. The molecule has 0 amide bonds. The van der Waals surface area contributed by atoms with E-state index in [-0.39, 0.29) is 0 Å². The Kier molecular flexibility index (Phi) is 5.13. The maximum absolute atomic E-state index is 2.47. The minimum absolute atomic E-state index is 0.614. The van der Waals surface area contributed by atoms with Crippen molar-refractivity contribution in [2.24, 2.45) is 11.8 Å². The second kappa shape index (κ2) is 6.36. The lowest BCUT2D eigenvalue weighted by atomic mass is 9.76. The number of hydrogen-bond donors (Lipinski definition) is 0. The molecule has 0 bridgehead atoms. The van der Waals surface area contributed by atoms with Crippen LogP contribution in [-0.2, 0) is 0 Å². The first-order valence-electron chi connectivity index (χ1n) is 8.54. The molecule has 1 heteroatoms. The molecular formula is C20H32S. The molecule has 0 nitrogen and oxygen atoms in total. The zero-order valence-corrected chi connectivity index (χ0v) is 15.9. The van der Waals surface area contributed by atoms with Gasteiger partial charge in [0.15, 0.2) is 0 Å². The highest BCUT2D eigenvalue weighted by atomic mass is 32.2. The predicted molar refractivity (Wildman–Crippen MR) is 96.7 cm³/mol. The molecule has 1 unspecified atom stereocenters. The van der Waals surface area contributed by atoms with Gasteiger partial charge in [-0.1, -0.05) is 47.6 Å². The maximum Gasteiger partial charge on any atom is 0.0144 e. The van der Waals surface area contributed by atoms with E-state index in [1.54, 1.807) is 16.0 Å². The lowest BCUT2D eigenvalue weighted by Crippen LogP contribution is -2.15. The van der Waals surface area contributed by atoms with E-state index in [2.05, 4.69) is 73.2 Å². The Morgan fingerprint density at radius 1 is 1.10 bits per heavy atom. The quantitative estimate of drug-likeness (QED) is 0.586. The minimum atomic E-state index is 0.614. The molecule has 0 radical (unpaired) electrons. The van der Waals surface area contributed by atoms with Crippen molar-refractivity contribution in [2.75, 3.05) is 0 Å². The van der Waals surface area contributed by atoms with Crippen molar-refractivity contribution < 1.29 is 0 Å². The SMILES string of the molecule is Cc1cc(C(C)C)c2c(c1C)S[C@H](C)[C@H](C)CC2C(C)C. The van der Waals surface area contributed by atoms with Gasteiger partial charge in [-0.25, -0.2) is 0 Å². The number of rotatable bonds is 2. The Labute approximate surface area is 136 Å². The number of fused-ring (bicyclic) bond motifs is 1. The van der Waals surface area contributed by atoms with E-state index in [9.17, 15) is 0 Å². The Bertz CT molecular complexity index is 513. The van der Waals surface area contributed by atoms with E-state index in [1.807, 2.05) is 0 Å². The lowest BCUT2D eigenvalue weighted by molar-refractivity contribution is 0.388. The predicted octanol–water partition coefficient (Wildman–Crippen LogP) is 6.69. The summed E-state index contributed by atoms with van der Waals surface area (Å²) in [5.74, 6) is 2.83. The summed E-state index contributed by atoms with van der Waals surface area (Å²) in [7, 11) is 0.